The van der Waals surface area contributed by atoms with Crippen LogP contribution in [0.1, 0.15) is 20.3 Å². The Labute approximate surface area is 74.1 Å². The molecular weight excluding hydrogens is 173 g/mol. The SMILES string of the molecule is CC(C)OP1(=O)CCC(CN)C1. The zero-order chi connectivity index (χ0) is 9.19. The van der Waals surface area contributed by atoms with Gasteiger partial charge in [-0.3, -0.25) is 4.57 Å². The first-order valence-electron chi connectivity index (χ1n) is 4.52. The van der Waals surface area contributed by atoms with Crippen molar-refractivity contribution in [3.05, 3.63) is 0 Å². The van der Waals surface area contributed by atoms with E-state index in [1.807, 2.05) is 13.8 Å². The first-order chi connectivity index (χ1) is 5.56. The molecule has 1 aliphatic rings. The van der Waals surface area contributed by atoms with Crippen LogP contribution in [0.25, 0.3) is 0 Å². The minimum atomic E-state index is -2.28. The van der Waals surface area contributed by atoms with Crippen LogP contribution in [0.3, 0.4) is 0 Å². The normalized spacial score (nSPS) is 36.2. The Bertz CT molecular complexity index is 193. The minimum Gasteiger partial charge on any atom is -0.330 e. The molecule has 0 aliphatic carbocycles. The van der Waals surface area contributed by atoms with Gasteiger partial charge in [-0.25, -0.2) is 0 Å². The Balaban J connectivity index is 2.47. The van der Waals surface area contributed by atoms with Gasteiger partial charge in [-0.05, 0) is 32.7 Å². The maximum atomic E-state index is 11.9. The molecular formula is C8H18NO2P. The quantitative estimate of drug-likeness (QED) is 0.690. The molecule has 0 aromatic rings. The first kappa shape index (κ1) is 10.2. The van der Waals surface area contributed by atoms with Crippen molar-refractivity contribution in [3.63, 3.8) is 0 Å². The molecule has 1 aliphatic heterocycles. The van der Waals surface area contributed by atoms with Gasteiger partial charge >= 0.3 is 0 Å². The number of hydrogen-bond donors (Lipinski definition) is 1. The zero-order valence-corrected chi connectivity index (χ0v) is 8.72. The fraction of sp³-hybridized carbons (Fsp3) is 1.00. The average Bonchev–Trinajstić information content (AvgIpc) is 2.30. The summed E-state index contributed by atoms with van der Waals surface area (Å²) in [6, 6.07) is 0. The molecule has 2 unspecified atom stereocenters. The second-order valence-electron chi connectivity index (χ2n) is 3.77. The highest BCUT2D eigenvalue weighted by Crippen LogP contribution is 2.55. The van der Waals surface area contributed by atoms with Crippen LogP contribution in [0.4, 0.5) is 0 Å². The van der Waals surface area contributed by atoms with Crippen LogP contribution in [0, 0.1) is 5.92 Å². The van der Waals surface area contributed by atoms with Gasteiger partial charge in [0.25, 0.3) is 0 Å². The monoisotopic (exact) mass is 191 g/mol. The molecule has 2 N–H and O–H groups in total. The summed E-state index contributed by atoms with van der Waals surface area (Å²) in [6.07, 6.45) is 2.47. The Kier molecular flexibility index (Phi) is 3.33. The smallest absolute Gasteiger partial charge is 0.203 e. The van der Waals surface area contributed by atoms with Gasteiger partial charge in [0.2, 0.25) is 7.37 Å². The van der Waals surface area contributed by atoms with Gasteiger partial charge in [-0.15, -0.1) is 0 Å². The Morgan fingerprint density at radius 1 is 1.67 bits per heavy atom. The van der Waals surface area contributed by atoms with E-state index in [9.17, 15) is 4.57 Å². The van der Waals surface area contributed by atoms with Gasteiger partial charge in [0.1, 0.15) is 0 Å². The predicted molar refractivity (Wildman–Crippen MR) is 50.7 cm³/mol. The summed E-state index contributed by atoms with van der Waals surface area (Å²) in [4.78, 5) is 0. The molecule has 1 saturated heterocycles. The van der Waals surface area contributed by atoms with Gasteiger partial charge in [0.15, 0.2) is 0 Å². The van der Waals surface area contributed by atoms with E-state index in [0.29, 0.717) is 18.6 Å². The third-order valence-corrected chi connectivity index (χ3v) is 4.97. The minimum absolute atomic E-state index is 0.0763. The summed E-state index contributed by atoms with van der Waals surface area (Å²) in [7, 11) is -2.28. The number of nitrogens with two attached hydrogens (primary N) is 1. The summed E-state index contributed by atoms with van der Waals surface area (Å²) < 4.78 is 17.3. The van der Waals surface area contributed by atoms with E-state index >= 15 is 0 Å². The summed E-state index contributed by atoms with van der Waals surface area (Å²) in [5.41, 5.74) is 5.51. The second-order valence-corrected chi connectivity index (χ2v) is 6.42. The van der Waals surface area contributed by atoms with Gasteiger partial charge in [0, 0.05) is 12.3 Å². The highest BCUT2D eigenvalue weighted by Gasteiger charge is 2.34. The van der Waals surface area contributed by atoms with Crippen molar-refractivity contribution in [2.45, 2.75) is 26.4 Å². The molecule has 1 fully saturated rings. The molecule has 72 valence electrons. The lowest BCUT2D eigenvalue weighted by Crippen LogP contribution is -2.13. The fourth-order valence-corrected chi connectivity index (χ4v) is 4.65. The standard InChI is InChI=1S/C8H18NO2P/c1-7(2)11-12(10)4-3-8(5-9)6-12/h7-8H,3-6,9H2,1-2H3. The van der Waals surface area contributed by atoms with E-state index in [0.717, 1.165) is 12.6 Å². The predicted octanol–water partition coefficient (Wildman–Crippen LogP) is 1.67. The van der Waals surface area contributed by atoms with E-state index in [2.05, 4.69) is 0 Å². The molecule has 0 saturated carbocycles. The molecule has 3 nitrogen and oxygen atoms in total. The summed E-state index contributed by atoms with van der Waals surface area (Å²) in [5, 5.41) is 0. The Morgan fingerprint density at radius 2 is 2.33 bits per heavy atom. The van der Waals surface area contributed by atoms with E-state index in [4.69, 9.17) is 10.3 Å². The topological polar surface area (TPSA) is 52.3 Å². The number of hydrogen-bond acceptors (Lipinski definition) is 3. The van der Waals surface area contributed by atoms with Crippen LogP contribution in [0.2, 0.25) is 0 Å². The van der Waals surface area contributed by atoms with Crippen LogP contribution in [-0.4, -0.2) is 25.0 Å². The first-order valence-corrected chi connectivity index (χ1v) is 6.52. The molecule has 1 rings (SSSR count). The molecule has 12 heavy (non-hydrogen) atoms. The Morgan fingerprint density at radius 3 is 2.75 bits per heavy atom. The summed E-state index contributed by atoms with van der Waals surface area (Å²) in [5.74, 6) is 0.426. The van der Waals surface area contributed by atoms with Crippen LogP contribution in [0.15, 0.2) is 0 Å². The lowest BCUT2D eigenvalue weighted by Gasteiger charge is -2.15. The van der Waals surface area contributed by atoms with Crippen molar-refractivity contribution in [1.29, 1.82) is 0 Å². The van der Waals surface area contributed by atoms with Gasteiger partial charge < -0.3 is 10.3 Å². The molecule has 0 bridgehead atoms. The van der Waals surface area contributed by atoms with Crippen molar-refractivity contribution in [2.24, 2.45) is 11.7 Å². The molecule has 0 radical (unpaired) electrons. The molecule has 1 heterocycles. The maximum absolute atomic E-state index is 11.9. The van der Waals surface area contributed by atoms with Crippen molar-refractivity contribution < 1.29 is 9.09 Å². The highest BCUT2D eigenvalue weighted by atomic mass is 31.2. The maximum Gasteiger partial charge on any atom is 0.203 e. The average molecular weight is 191 g/mol. The highest BCUT2D eigenvalue weighted by molar-refractivity contribution is 7.59. The van der Waals surface area contributed by atoms with Gasteiger partial charge in [-0.2, -0.15) is 0 Å². The molecule has 0 aromatic carbocycles. The Hall–Kier alpha value is 0.150. The molecule has 0 spiro atoms. The van der Waals surface area contributed by atoms with E-state index in [1.165, 1.54) is 0 Å². The number of rotatable bonds is 3. The fourth-order valence-electron chi connectivity index (χ4n) is 1.63. The molecule has 0 amide bonds. The van der Waals surface area contributed by atoms with Crippen LogP contribution >= 0.6 is 7.37 Å². The molecule has 2 atom stereocenters. The van der Waals surface area contributed by atoms with E-state index in [-0.39, 0.29) is 6.10 Å². The van der Waals surface area contributed by atoms with Crippen LogP contribution in [0.5, 0.6) is 0 Å². The van der Waals surface area contributed by atoms with Crippen molar-refractivity contribution >= 4 is 7.37 Å². The van der Waals surface area contributed by atoms with Crippen molar-refractivity contribution in [1.82, 2.24) is 0 Å². The van der Waals surface area contributed by atoms with E-state index in [1.54, 1.807) is 0 Å². The largest absolute Gasteiger partial charge is 0.330 e. The molecule has 4 heteroatoms. The summed E-state index contributed by atoms with van der Waals surface area (Å²) >= 11 is 0. The van der Waals surface area contributed by atoms with E-state index < -0.39 is 7.37 Å². The third-order valence-electron chi connectivity index (χ3n) is 2.15. The molecule has 0 aromatic heterocycles. The van der Waals surface area contributed by atoms with Crippen molar-refractivity contribution in [3.8, 4) is 0 Å². The van der Waals surface area contributed by atoms with Crippen LogP contribution < -0.4 is 5.73 Å². The second kappa shape index (κ2) is 3.91. The third kappa shape index (κ3) is 2.58. The lowest BCUT2D eigenvalue weighted by atomic mass is 10.1. The van der Waals surface area contributed by atoms with Crippen molar-refractivity contribution in [2.75, 3.05) is 18.9 Å². The van der Waals surface area contributed by atoms with Crippen LogP contribution in [-0.2, 0) is 9.09 Å². The zero-order valence-electron chi connectivity index (χ0n) is 7.82. The lowest BCUT2D eigenvalue weighted by molar-refractivity contribution is 0.245. The van der Waals surface area contributed by atoms with Gasteiger partial charge in [0.05, 0.1) is 6.10 Å². The van der Waals surface area contributed by atoms with Gasteiger partial charge in [-0.1, -0.05) is 0 Å². The summed E-state index contributed by atoms with van der Waals surface area (Å²) in [6.45, 7) is 4.50.